The van der Waals surface area contributed by atoms with E-state index in [4.69, 9.17) is 5.73 Å². The Balaban J connectivity index is 2.16. The average molecular weight is 302 g/mol. The zero-order valence-corrected chi connectivity index (χ0v) is 11.5. The molecule has 108 valence electrons. The molecule has 2 aromatic heterocycles. The minimum absolute atomic E-state index is 0.0697. The highest BCUT2D eigenvalue weighted by Gasteiger charge is 2.33. The second kappa shape index (κ2) is 5.66. The van der Waals surface area contributed by atoms with Crippen LogP contribution in [0.3, 0.4) is 0 Å². The minimum atomic E-state index is -4.54. The van der Waals surface area contributed by atoms with Gasteiger partial charge in [-0.15, -0.1) is 11.3 Å². The van der Waals surface area contributed by atoms with Gasteiger partial charge in [-0.25, -0.2) is 4.98 Å². The Labute approximate surface area is 117 Å². The molecule has 0 aliphatic heterocycles. The Hall–Kier alpha value is -1.83. The molecule has 0 saturated carbocycles. The van der Waals surface area contributed by atoms with Crippen molar-refractivity contribution >= 4 is 23.1 Å². The minimum Gasteiger partial charge on any atom is -0.368 e. The van der Waals surface area contributed by atoms with Crippen LogP contribution in [-0.2, 0) is 19.1 Å². The molecule has 0 aliphatic carbocycles. The normalized spacial score (nSPS) is 11.6. The molecule has 0 bridgehead atoms. The van der Waals surface area contributed by atoms with E-state index in [9.17, 15) is 13.2 Å². The number of halogens is 3. The number of hydrogen-bond donors (Lipinski definition) is 2. The molecule has 0 radical (unpaired) electrons. The first-order valence-electron chi connectivity index (χ1n) is 5.91. The SMILES string of the molecule is CCc1ccsc1CNc1cc(C(F)(F)F)nc(N)n1. The van der Waals surface area contributed by atoms with Crippen molar-refractivity contribution in [3.05, 3.63) is 33.6 Å². The first kappa shape index (κ1) is 14.6. The van der Waals surface area contributed by atoms with Crippen molar-refractivity contribution in [3.63, 3.8) is 0 Å². The monoisotopic (exact) mass is 302 g/mol. The smallest absolute Gasteiger partial charge is 0.368 e. The number of nitrogens with zero attached hydrogens (tertiary/aromatic N) is 2. The van der Waals surface area contributed by atoms with Gasteiger partial charge in [0.05, 0.1) is 6.54 Å². The summed E-state index contributed by atoms with van der Waals surface area (Å²) in [5.41, 5.74) is 5.42. The maximum atomic E-state index is 12.6. The van der Waals surface area contributed by atoms with Gasteiger partial charge in [0.2, 0.25) is 5.95 Å². The van der Waals surface area contributed by atoms with Gasteiger partial charge in [0, 0.05) is 10.9 Å². The molecule has 4 nitrogen and oxygen atoms in total. The molecule has 0 atom stereocenters. The summed E-state index contributed by atoms with van der Waals surface area (Å²) in [6.07, 6.45) is -3.66. The highest BCUT2D eigenvalue weighted by molar-refractivity contribution is 7.10. The number of aromatic nitrogens is 2. The van der Waals surface area contributed by atoms with Crippen molar-refractivity contribution in [2.24, 2.45) is 0 Å². The second-order valence-electron chi connectivity index (χ2n) is 4.07. The number of aryl methyl sites for hydroxylation is 1. The molecule has 0 unspecified atom stereocenters. The average Bonchev–Trinajstić information content (AvgIpc) is 2.82. The van der Waals surface area contributed by atoms with Gasteiger partial charge in [-0.1, -0.05) is 6.92 Å². The number of rotatable bonds is 4. The lowest BCUT2D eigenvalue weighted by Gasteiger charge is -2.10. The number of hydrogen-bond acceptors (Lipinski definition) is 5. The first-order chi connectivity index (χ1) is 9.40. The molecule has 20 heavy (non-hydrogen) atoms. The Morgan fingerprint density at radius 1 is 1.35 bits per heavy atom. The van der Waals surface area contributed by atoms with Crippen LogP contribution in [0.15, 0.2) is 17.5 Å². The molecule has 0 aliphatic rings. The van der Waals surface area contributed by atoms with Gasteiger partial charge < -0.3 is 11.1 Å². The molecule has 2 heterocycles. The third-order valence-electron chi connectivity index (χ3n) is 2.68. The number of alkyl halides is 3. The number of thiophene rings is 1. The highest BCUT2D eigenvalue weighted by atomic mass is 32.1. The van der Waals surface area contributed by atoms with E-state index in [0.717, 1.165) is 17.4 Å². The molecule has 2 aromatic rings. The van der Waals surface area contributed by atoms with Crippen LogP contribution >= 0.6 is 11.3 Å². The van der Waals surface area contributed by atoms with Crippen LogP contribution in [0, 0.1) is 0 Å². The van der Waals surface area contributed by atoms with Crippen molar-refractivity contribution in [1.29, 1.82) is 0 Å². The topological polar surface area (TPSA) is 63.8 Å². The molecular formula is C12H13F3N4S. The fourth-order valence-electron chi connectivity index (χ4n) is 1.71. The summed E-state index contributed by atoms with van der Waals surface area (Å²) in [4.78, 5) is 8.02. The lowest BCUT2D eigenvalue weighted by molar-refractivity contribution is -0.141. The molecule has 0 saturated heterocycles. The van der Waals surface area contributed by atoms with E-state index in [1.54, 1.807) is 11.3 Å². The van der Waals surface area contributed by atoms with Crippen LogP contribution in [0.2, 0.25) is 0 Å². The Bertz CT molecular complexity index is 595. The van der Waals surface area contributed by atoms with Gasteiger partial charge in [0.15, 0.2) is 5.69 Å². The maximum Gasteiger partial charge on any atom is 0.433 e. The third kappa shape index (κ3) is 3.38. The van der Waals surface area contributed by atoms with E-state index in [0.29, 0.717) is 6.54 Å². The quantitative estimate of drug-likeness (QED) is 0.909. The largest absolute Gasteiger partial charge is 0.433 e. The molecule has 3 N–H and O–H groups in total. The predicted octanol–water partition coefficient (Wildman–Crippen LogP) is 3.31. The number of nitrogens with one attached hydrogen (secondary N) is 1. The molecule has 0 aromatic carbocycles. The van der Waals surface area contributed by atoms with Crippen molar-refractivity contribution in [3.8, 4) is 0 Å². The molecule has 8 heteroatoms. The predicted molar refractivity (Wildman–Crippen MR) is 72.5 cm³/mol. The zero-order chi connectivity index (χ0) is 14.8. The van der Waals surface area contributed by atoms with E-state index in [1.807, 2.05) is 18.4 Å². The van der Waals surface area contributed by atoms with E-state index >= 15 is 0 Å². The van der Waals surface area contributed by atoms with Crippen LogP contribution < -0.4 is 11.1 Å². The Kier molecular flexibility index (Phi) is 4.12. The summed E-state index contributed by atoms with van der Waals surface area (Å²) < 4.78 is 37.8. The standard InChI is InChI=1S/C12H13F3N4S/c1-2-7-3-4-20-8(7)6-17-10-5-9(12(13,14)15)18-11(16)19-10/h3-5H,2,6H2,1H3,(H3,16,17,18,19). The third-order valence-corrected chi connectivity index (χ3v) is 3.65. The summed E-state index contributed by atoms with van der Waals surface area (Å²) in [6.45, 7) is 2.44. The molecular weight excluding hydrogens is 289 g/mol. The fraction of sp³-hybridized carbons (Fsp3) is 0.333. The van der Waals surface area contributed by atoms with E-state index < -0.39 is 17.8 Å². The summed E-state index contributed by atoms with van der Waals surface area (Å²) in [7, 11) is 0. The molecule has 2 rings (SSSR count). The van der Waals surface area contributed by atoms with Gasteiger partial charge in [-0.2, -0.15) is 18.2 Å². The summed E-state index contributed by atoms with van der Waals surface area (Å²) >= 11 is 1.55. The summed E-state index contributed by atoms with van der Waals surface area (Å²) in [5.74, 6) is -0.329. The Morgan fingerprint density at radius 3 is 2.75 bits per heavy atom. The van der Waals surface area contributed by atoms with Gasteiger partial charge in [-0.05, 0) is 23.4 Å². The molecule has 0 fully saturated rings. The number of nitrogen functional groups attached to an aromatic ring is 1. The zero-order valence-electron chi connectivity index (χ0n) is 10.7. The highest BCUT2D eigenvalue weighted by Crippen LogP contribution is 2.29. The van der Waals surface area contributed by atoms with Gasteiger partial charge >= 0.3 is 6.18 Å². The van der Waals surface area contributed by atoms with Crippen molar-refractivity contribution in [2.45, 2.75) is 26.1 Å². The molecule has 0 amide bonds. The lowest BCUT2D eigenvalue weighted by atomic mass is 10.2. The first-order valence-corrected chi connectivity index (χ1v) is 6.79. The maximum absolute atomic E-state index is 12.6. The van der Waals surface area contributed by atoms with E-state index in [-0.39, 0.29) is 5.82 Å². The second-order valence-corrected chi connectivity index (χ2v) is 5.07. The van der Waals surface area contributed by atoms with Crippen LogP contribution in [0.1, 0.15) is 23.1 Å². The summed E-state index contributed by atoms with van der Waals surface area (Å²) in [5, 5.41) is 4.80. The number of nitrogens with two attached hydrogens (primary N) is 1. The molecule has 0 spiro atoms. The van der Waals surface area contributed by atoms with Crippen LogP contribution in [0.25, 0.3) is 0 Å². The van der Waals surface area contributed by atoms with E-state index in [1.165, 1.54) is 5.56 Å². The van der Waals surface area contributed by atoms with Crippen molar-refractivity contribution in [2.75, 3.05) is 11.1 Å². The van der Waals surface area contributed by atoms with Crippen LogP contribution in [0.4, 0.5) is 24.9 Å². The van der Waals surface area contributed by atoms with Gasteiger partial charge in [-0.3, -0.25) is 0 Å². The summed E-state index contributed by atoms with van der Waals surface area (Å²) in [6, 6.07) is 2.85. The Morgan fingerprint density at radius 2 is 2.10 bits per heavy atom. The van der Waals surface area contributed by atoms with E-state index in [2.05, 4.69) is 15.3 Å². The lowest BCUT2D eigenvalue weighted by Crippen LogP contribution is -2.13. The fourth-order valence-corrected chi connectivity index (χ4v) is 2.63. The number of anilines is 2. The van der Waals surface area contributed by atoms with Crippen molar-refractivity contribution in [1.82, 2.24) is 9.97 Å². The van der Waals surface area contributed by atoms with Gasteiger partial charge in [0.1, 0.15) is 5.82 Å². The van der Waals surface area contributed by atoms with Crippen molar-refractivity contribution < 1.29 is 13.2 Å². The van der Waals surface area contributed by atoms with Crippen LogP contribution in [-0.4, -0.2) is 9.97 Å². The van der Waals surface area contributed by atoms with Gasteiger partial charge in [0.25, 0.3) is 0 Å². The van der Waals surface area contributed by atoms with Crippen LogP contribution in [0.5, 0.6) is 0 Å².